The highest BCUT2D eigenvalue weighted by atomic mass is 16.7. The van der Waals surface area contributed by atoms with E-state index in [1.165, 1.54) is 77.0 Å². The first kappa shape index (κ1) is 66.9. The Balaban J connectivity index is 2.76. The number of carboxylic acid groups (broad SMARTS) is 1. The molecule has 0 aliphatic carbocycles. The zero-order valence-electron chi connectivity index (χ0n) is 45.6. The highest BCUT2D eigenvalue weighted by molar-refractivity contribution is 5.74. The summed E-state index contributed by atoms with van der Waals surface area (Å²) in [4.78, 5) is 50.9. The molecule has 6 atom stereocenters. The molecule has 0 aromatic rings. The fourth-order valence-corrected chi connectivity index (χ4v) is 8.12. The van der Waals surface area contributed by atoms with E-state index in [1.807, 2.05) is 18.2 Å². The summed E-state index contributed by atoms with van der Waals surface area (Å²) in [6, 6.07) is 0. The monoisotopic (exact) mass is 1020 g/mol. The van der Waals surface area contributed by atoms with Gasteiger partial charge < -0.3 is 39.0 Å². The van der Waals surface area contributed by atoms with Gasteiger partial charge in [0.15, 0.2) is 24.6 Å². The van der Waals surface area contributed by atoms with Crippen LogP contribution in [0.5, 0.6) is 0 Å². The van der Waals surface area contributed by atoms with Crippen molar-refractivity contribution in [2.45, 2.75) is 263 Å². The predicted octanol–water partition coefficient (Wildman–Crippen LogP) is 14.3. The average molecular weight is 1030 g/mol. The highest BCUT2D eigenvalue weighted by Gasteiger charge is 2.50. The molecule has 0 bridgehead atoms. The van der Waals surface area contributed by atoms with Crippen LogP contribution in [0.25, 0.3) is 0 Å². The van der Waals surface area contributed by atoms with Crippen LogP contribution in [0.4, 0.5) is 0 Å². The van der Waals surface area contributed by atoms with E-state index in [-0.39, 0.29) is 25.9 Å². The second-order valence-electron chi connectivity index (χ2n) is 19.2. The van der Waals surface area contributed by atoms with Crippen LogP contribution in [0.2, 0.25) is 0 Å². The van der Waals surface area contributed by atoms with Crippen LogP contribution in [0.15, 0.2) is 85.1 Å². The van der Waals surface area contributed by atoms with E-state index < -0.39 is 67.3 Å². The normalized spacial score (nSPS) is 18.9. The number of allylic oxidation sites excluding steroid dienone is 13. The molecule has 1 fully saturated rings. The minimum Gasteiger partial charge on any atom is -0.479 e. The van der Waals surface area contributed by atoms with Crippen LogP contribution in [0, 0.1) is 0 Å². The van der Waals surface area contributed by atoms with Gasteiger partial charge in [0.25, 0.3) is 0 Å². The number of carbonyl (C=O) groups excluding carboxylic acids is 3. The Bertz CT molecular complexity index is 1590. The first-order valence-electron chi connectivity index (χ1n) is 28.6. The molecule has 1 aliphatic heterocycles. The minimum absolute atomic E-state index is 0.0486. The quantitative estimate of drug-likeness (QED) is 0.0228. The number of aliphatic hydroxyl groups is 2. The number of aliphatic hydroxyl groups excluding tert-OH is 2. The lowest BCUT2D eigenvalue weighted by Gasteiger charge is -2.40. The van der Waals surface area contributed by atoms with Crippen LogP contribution in [-0.4, -0.2) is 89.2 Å². The Morgan fingerprint density at radius 2 is 0.904 bits per heavy atom. The summed E-state index contributed by atoms with van der Waals surface area (Å²) in [5, 5.41) is 31.4. The van der Waals surface area contributed by atoms with Crippen LogP contribution in [-0.2, 0) is 42.9 Å². The van der Waals surface area contributed by atoms with Crippen LogP contribution in [0.1, 0.15) is 226 Å². The Morgan fingerprint density at radius 3 is 1.41 bits per heavy atom. The van der Waals surface area contributed by atoms with Crippen molar-refractivity contribution in [3.8, 4) is 0 Å². The molecule has 1 rings (SSSR count). The summed E-state index contributed by atoms with van der Waals surface area (Å²) in [7, 11) is 0. The SMILES string of the molecule is CC/C=C\C/C=C\C/C=C\C/C=C\C/C=C\CC(=O)OC(COC(=O)CCCCCCCCC/C=C\C/C=C\CCCCC)COC1OC(C(=O)O)C(O)C(O)C1OC(=O)CCCCCCCCCCCCC. The third-order valence-electron chi connectivity index (χ3n) is 12.5. The maximum atomic E-state index is 13.1. The average Bonchev–Trinajstić information content (AvgIpc) is 3.37. The number of ether oxygens (including phenoxy) is 5. The molecule has 73 heavy (non-hydrogen) atoms. The summed E-state index contributed by atoms with van der Waals surface area (Å²) < 4.78 is 28.2. The van der Waals surface area contributed by atoms with Crippen molar-refractivity contribution in [1.29, 1.82) is 0 Å². The van der Waals surface area contributed by atoms with Crippen molar-refractivity contribution in [1.82, 2.24) is 0 Å². The number of hydrogen-bond acceptors (Lipinski definition) is 11. The van der Waals surface area contributed by atoms with Gasteiger partial charge in [0.05, 0.1) is 13.0 Å². The van der Waals surface area contributed by atoms with E-state index in [0.29, 0.717) is 19.3 Å². The lowest BCUT2D eigenvalue weighted by Crippen LogP contribution is -2.61. The smallest absolute Gasteiger partial charge is 0.335 e. The van der Waals surface area contributed by atoms with Crippen LogP contribution >= 0.6 is 0 Å². The van der Waals surface area contributed by atoms with Gasteiger partial charge in [0.2, 0.25) is 0 Å². The van der Waals surface area contributed by atoms with Crippen molar-refractivity contribution in [3.05, 3.63) is 85.1 Å². The van der Waals surface area contributed by atoms with E-state index in [9.17, 15) is 34.5 Å². The van der Waals surface area contributed by atoms with E-state index in [4.69, 9.17) is 23.7 Å². The molecule has 0 spiro atoms. The molecule has 0 aromatic heterocycles. The van der Waals surface area contributed by atoms with E-state index in [2.05, 4.69) is 81.5 Å². The maximum Gasteiger partial charge on any atom is 0.335 e. The van der Waals surface area contributed by atoms with Crippen LogP contribution < -0.4 is 0 Å². The molecule has 0 radical (unpaired) electrons. The minimum atomic E-state index is -1.92. The summed E-state index contributed by atoms with van der Waals surface area (Å²) >= 11 is 0. The van der Waals surface area contributed by atoms with Crippen molar-refractivity contribution in [3.63, 3.8) is 0 Å². The highest BCUT2D eigenvalue weighted by Crippen LogP contribution is 2.26. The Hall–Kier alpha value is -4.10. The van der Waals surface area contributed by atoms with Crippen molar-refractivity contribution < 1.29 is 58.2 Å². The summed E-state index contributed by atoms with van der Waals surface area (Å²) in [5.74, 6) is -3.30. The molecular weight excluding hydrogens is 925 g/mol. The zero-order chi connectivity index (χ0) is 53.3. The molecule has 1 saturated heterocycles. The van der Waals surface area contributed by atoms with Crippen LogP contribution in [0.3, 0.4) is 0 Å². The number of carboxylic acids is 1. The van der Waals surface area contributed by atoms with Gasteiger partial charge in [0, 0.05) is 12.8 Å². The number of esters is 3. The molecule has 1 heterocycles. The Morgan fingerprint density at radius 1 is 0.479 bits per heavy atom. The Labute approximate surface area is 441 Å². The van der Waals surface area contributed by atoms with Gasteiger partial charge in [-0.2, -0.15) is 0 Å². The first-order chi connectivity index (χ1) is 35.6. The van der Waals surface area contributed by atoms with E-state index >= 15 is 0 Å². The molecule has 3 N–H and O–H groups in total. The molecule has 0 saturated carbocycles. The third kappa shape index (κ3) is 39.0. The summed E-state index contributed by atoms with van der Waals surface area (Å²) in [6.45, 7) is 5.74. The second kappa shape index (κ2) is 48.8. The predicted molar refractivity (Wildman–Crippen MR) is 294 cm³/mol. The van der Waals surface area contributed by atoms with Crippen molar-refractivity contribution in [2.24, 2.45) is 0 Å². The summed E-state index contributed by atoms with van der Waals surface area (Å²) in [6.07, 6.45) is 50.2. The standard InChI is InChI=1S/C61H100O12/c1-4-7-10-13-16-19-22-24-26-27-29-30-33-35-38-41-44-47-53(62)69-50-52(71-54(63)48-45-42-39-37-34-31-28-25-23-20-17-14-11-8-5-2)51-70-61-59(57(66)56(65)58(73-61)60(67)68)72-55(64)49-46-43-40-36-32-21-18-15-12-9-6-3/h8,11,16-17,19-20,24-26,28,34,37,42,45,52,56-59,61,65-66H,4-7,9-10,12-15,18,21-23,27,29-33,35-36,38-41,43-44,46-51H2,1-3H3,(H,67,68)/b11-8-,19-16-,20-17-,26-24-,28-25-,37-34-,45-42-. The number of rotatable bonds is 47. The van der Waals surface area contributed by atoms with Gasteiger partial charge in [-0.3, -0.25) is 14.4 Å². The fourth-order valence-electron chi connectivity index (χ4n) is 8.12. The van der Waals surface area contributed by atoms with Gasteiger partial charge in [0.1, 0.15) is 18.8 Å². The van der Waals surface area contributed by atoms with E-state index in [0.717, 1.165) is 89.9 Å². The van der Waals surface area contributed by atoms with Gasteiger partial charge in [-0.15, -0.1) is 0 Å². The molecule has 416 valence electrons. The Kier molecular flexibility index (Phi) is 44.7. The number of carbonyl (C=O) groups is 4. The van der Waals surface area contributed by atoms with E-state index in [1.54, 1.807) is 6.08 Å². The van der Waals surface area contributed by atoms with Gasteiger partial charge in [-0.1, -0.05) is 215 Å². The molecule has 12 nitrogen and oxygen atoms in total. The second-order valence-corrected chi connectivity index (χ2v) is 19.2. The largest absolute Gasteiger partial charge is 0.479 e. The number of hydrogen-bond donors (Lipinski definition) is 3. The lowest BCUT2D eigenvalue weighted by molar-refractivity contribution is -0.301. The van der Waals surface area contributed by atoms with Crippen molar-refractivity contribution in [2.75, 3.05) is 13.2 Å². The van der Waals surface area contributed by atoms with Crippen molar-refractivity contribution >= 4 is 23.9 Å². The topological polar surface area (TPSA) is 175 Å². The number of unbranched alkanes of at least 4 members (excludes halogenated alkanes) is 20. The maximum absolute atomic E-state index is 13.1. The first-order valence-corrected chi connectivity index (χ1v) is 28.6. The fraction of sp³-hybridized carbons (Fsp3) is 0.705. The number of aliphatic carboxylic acids is 1. The molecule has 1 aliphatic rings. The molecule has 0 amide bonds. The van der Waals surface area contributed by atoms with Gasteiger partial charge >= 0.3 is 23.9 Å². The lowest BCUT2D eigenvalue weighted by atomic mass is 9.98. The molecular formula is C61H100O12. The third-order valence-corrected chi connectivity index (χ3v) is 12.5. The summed E-state index contributed by atoms with van der Waals surface area (Å²) in [5.41, 5.74) is 0. The molecule has 6 unspecified atom stereocenters. The van der Waals surface area contributed by atoms with Gasteiger partial charge in [-0.05, 0) is 77.0 Å². The molecule has 0 aromatic carbocycles. The molecule has 12 heteroatoms. The zero-order valence-corrected chi connectivity index (χ0v) is 45.6. The van der Waals surface area contributed by atoms with Gasteiger partial charge in [-0.25, -0.2) is 4.79 Å².